The summed E-state index contributed by atoms with van der Waals surface area (Å²) in [6.07, 6.45) is -1.29. The van der Waals surface area contributed by atoms with Crippen molar-refractivity contribution < 1.29 is 19.1 Å². The summed E-state index contributed by atoms with van der Waals surface area (Å²) in [5, 5.41) is 0.632. The van der Waals surface area contributed by atoms with Crippen molar-refractivity contribution in [3.05, 3.63) is 28.2 Å². The summed E-state index contributed by atoms with van der Waals surface area (Å²) >= 11 is 11.5. The second-order valence-electron chi connectivity index (χ2n) is 3.21. The van der Waals surface area contributed by atoms with Gasteiger partial charge in [-0.25, -0.2) is 4.79 Å². The lowest BCUT2D eigenvalue weighted by molar-refractivity contribution is -0.152. The van der Waals surface area contributed by atoms with Crippen molar-refractivity contribution in [2.45, 2.75) is 13.0 Å². The Labute approximate surface area is 108 Å². The average molecular weight is 277 g/mol. The molecule has 0 saturated heterocycles. The van der Waals surface area contributed by atoms with Crippen molar-refractivity contribution in [1.82, 2.24) is 0 Å². The number of methoxy groups -OCH3 is 1. The number of rotatable bonds is 4. The standard InChI is InChI=1S/C11H10Cl2O4/c1-6(14)10(11(15)16-2)17-7-3-4-8(12)9(13)5-7/h3-5,10H,1-2H3/t10-/m0/s1. The number of hydrogen-bond donors (Lipinski definition) is 0. The van der Waals surface area contributed by atoms with Crippen LogP contribution >= 0.6 is 23.2 Å². The van der Waals surface area contributed by atoms with Crippen LogP contribution in [-0.2, 0) is 14.3 Å². The molecule has 0 heterocycles. The zero-order valence-electron chi connectivity index (χ0n) is 9.20. The predicted molar refractivity (Wildman–Crippen MR) is 63.6 cm³/mol. The molecule has 92 valence electrons. The Morgan fingerprint density at radius 3 is 2.35 bits per heavy atom. The minimum atomic E-state index is -1.29. The van der Waals surface area contributed by atoms with Gasteiger partial charge in [0, 0.05) is 6.07 Å². The Bertz CT molecular complexity index is 445. The maximum absolute atomic E-state index is 11.3. The van der Waals surface area contributed by atoms with Crippen LogP contribution in [0.4, 0.5) is 0 Å². The van der Waals surface area contributed by atoms with Crippen molar-refractivity contribution >= 4 is 35.0 Å². The topological polar surface area (TPSA) is 52.6 Å². The SMILES string of the molecule is COC(=O)[C@@H](Oc1ccc(Cl)c(Cl)c1)C(C)=O. The molecule has 6 heteroatoms. The Balaban J connectivity index is 2.90. The van der Waals surface area contributed by atoms with E-state index in [0.29, 0.717) is 5.02 Å². The Morgan fingerprint density at radius 1 is 1.24 bits per heavy atom. The molecule has 1 aromatic carbocycles. The molecular formula is C11H10Cl2O4. The highest BCUT2D eigenvalue weighted by atomic mass is 35.5. The van der Waals surface area contributed by atoms with Crippen molar-refractivity contribution in [2.24, 2.45) is 0 Å². The highest BCUT2D eigenvalue weighted by Crippen LogP contribution is 2.27. The van der Waals surface area contributed by atoms with Gasteiger partial charge in [-0.05, 0) is 19.1 Å². The average Bonchev–Trinajstić information content (AvgIpc) is 2.29. The van der Waals surface area contributed by atoms with Crippen LogP contribution in [0.2, 0.25) is 10.0 Å². The van der Waals surface area contributed by atoms with Crippen LogP contribution in [-0.4, -0.2) is 25.0 Å². The van der Waals surface area contributed by atoms with E-state index < -0.39 is 17.9 Å². The monoisotopic (exact) mass is 276 g/mol. The number of Topliss-reactive ketones (excluding diaryl/α,β-unsaturated/α-hetero) is 1. The summed E-state index contributed by atoms with van der Waals surface area (Å²) in [7, 11) is 1.18. The first kappa shape index (κ1) is 13.8. The molecule has 1 atom stereocenters. The molecule has 0 aromatic heterocycles. The highest BCUT2D eigenvalue weighted by Gasteiger charge is 2.26. The first-order valence-electron chi connectivity index (χ1n) is 4.65. The van der Waals surface area contributed by atoms with E-state index in [9.17, 15) is 9.59 Å². The second kappa shape index (κ2) is 5.89. The summed E-state index contributed by atoms with van der Waals surface area (Å²) < 4.78 is 9.65. The molecule has 0 aliphatic heterocycles. The Hall–Kier alpha value is -1.26. The minimum Gasteiger partial charge on any atom is -0.471 e. The quantitative estimate of drug-likeness (QED) is 0.626. The van der Waals surface area contributed by atoms with Gasteiger partial charge >= 0.3 is 5.97 Å². The molecule has 4 nitrogen and oxygen atoms in total. The van der Waals surface area contributed by atoms with E-state index in [4.69, 9.17) is 27.9 Å². The second-order valence-corrected chi connectivity index (χ2v) is 4.02. The maximum atomic E-state index is 11.3. The number of hydrogen-bond acceptors (Lipinski definition) is 4. The number of carbonyl (C=O) groups is 2. The van der Waals surface area contributed by atoms with Crippen LogP contribution in [0.3, 0.4) is 0 Å². The lowest BCUT2D eigenvalue weighted by Gasteiger charge is -2.14. The molecule has 1 rings (SSSR count). The fourth-order valence-corrected chi connectivity index (χ4v) is 1.38. The number of benzene rings is 1. The molecule has 1 aromatic rings. The van der Waals surface area contributed by atoms with Gasteiger partial charge in [-0.1, -0.05) is 23.2 Å². The first-order chi connectivity index (χ1) is 7.95. The van der Waals surface area contributed by atoms with Gasteiger partial charge in [-0.15, -0.1) is 0 Å². The normalized spacial score (nSPS) is 11.8. The lowest BCUT2D eigenvalue weighted by atomic mass is 10.2. The third-order valence-corrected chi connectivity index (χ3v) is 2.67. The molecule has 0 bridgehead atoms. The third kappa shape index (κ3) is 3.61. The van der Waals surface area contributed by atoms with Gasteiger partial charge in [0.05, 0.1) is 17.2 Å². The van der Waals surface area contributed by atoms with Crippen LogP contribution in [0, 0.1) is 0 Å². The fourth-order valence-electron chi connectivity index (χ4n) is 1.09. The Morgan fingerprint density at radius 2 is 1.88 bits per heavy atom. The molecule has 0 radical (unpaired) electrons. The van der Waals surface area contributed by atoms with Gasteiger partial charge in [-0.2, -0.15) is 0 Å². The van der Waals surface area contributed by atoms with Gasteiger partial charge < -0.3 is 9.47 Å². The summed E-state index contributed by atoms with van der Waals surface area (Å²) in [6.45, 7) is 1.24. The van der Waals surface area contributed by atoms with E-state index in [-0.39, 0.29) is 10.8 Å². The molecule has 0 N–H and O–H groups in total. The number of esters is 1. The first-order valence-corrected chi connectivity index (χ1v) is 5.41. The molecule has 0 fully saturated rings. The molecule has 0 spiro atoms. The lowest BCUT2D eigenvalue weighted by Crippen LogP contribution is -2.35. The molecular weight excluding hydrogens is 267 g/mol. The third-order valence-electron chi connectivity index (χ3n) is 1.93. The predicted octanol–water partition coefficient (Wildman–Crippen LogP) is 2.50. The number of carbonyl (C=O) groups excluding carboxylic acids is 2. The molecule has 0 saturated carbocycles. The van der Waals surface area contributed by atoms with E-state index in [2.05, 4.69) is 4.74 Å². The van der Waals surface area contributed by atoms with Crippen molar-refractivity contribution in [3.8, 4) is 5.75 Å². The van der Waals surface area contributed by atoms with Crippen molar-refractivity contribution in [2.75, 3.05) is 7.11 Å². The van der Waals surface area contributed by atoms with E-state index in [1.54, 1.807) is 0 Å². The van der Waals surface area contributed by atoms with E-state index in [0.717, 1.165) is 0 Å². The fraction of sp³-hybridized carbons (Fsp3) is 0.273. The number of ketones is 1. The number of ether oxygens (including phenoxy) is 2. The van der Waals surface area contributed by atoms with Gasteiger partial charge in [0.1, 0.15) is 5.75 Å². The highest BCUT2D eigenvalue weighted by molar-refractivity contribution is 6.42. The summed E-state index contributed by atoms with van der Waals surface area (Å²) in [5.41, 5.74) is 0. The van der Waals surface area contributed by atoms with E-state index >= 15 is 0 Å². The molecule has 0 amide bonds. The van der Waals surface area contributed by atoms with Crippen LogP contribution in [0.15, 0.2) is 18.2 Å². The largest absolute Gasteiger partial charge is 0.471 e. The molecule has 0 unspecified atom stereocenters. The number of halogens is 2. The minimum absolute atomic E-state index is 0.269. The van der Waals surface area contributed by atoms with Crippen molar-refractivity contribution in [1.29, 1.82) is 0 Å². The van der Waals surface area contributed by atoms with Crippen LogP contribution in [0.5, 0.6) is 5.75 Å². The van der Waals surface area contributed by atoms with Crippen LogP contribution < -0.4 is 4.74 Å². The zero-order chi connectivity index (χ0) is 13.0. The zero-order valence-corrected chi connectivity index (χ0v) is 10.7. The summed E-state index contributed by atoms with van der Waals surface area (Å²) in [6, 6.07) is 4.43. The van der Waals surface area contributed by atoms with Gasteiger partial charge in [0.2, 0.25) is 0 Å². The van der Waals surface area contributed by atoms with Gasteiger partial charge in [0.15, 0.2) is 5.78 Å². The summed E-state index contributed by atoms with van der Waals surface area (Å²) in [5.74, 6) is -0.948. The molecule has 17 heavy (non-hydrogen) atoms. The maximum Gasteiger partial charge on any atom is 0.354 e. The van der Waals surface area contributed by atoms with Gasteiger partial charge in [-0.3, -0.25) is 4.79 Å². The van der Waals surface area contributed by atoms with Gasteiger partial charge in [0.25, 0.3) is 6.10 Å². The summed E-state index contributed by atoms with van der Waals surface area (Å²) in [4.78, 5) is 22.5. The van der Waals surface area contributed by atoms with Crippen molar-refractivity contribution in [3.63, 3.8) is 0 Å². The smallest absolute Gasteiger partial charge is 0.354 e. The van der Waals surface area contributed by atoms with E-state index in [1.807, 2.05) is 0 Å². The Kier molecular flexibility index (Phi) is 4.78. The molecule has 0 aliphatic carbocycles. The molecule has 0 aliphatic rings. The van der Waals surface area contributed by atoms with E-state index in [1.165, 1.54) is 32.2 Å². The van der Waals surface area contributed by atoms with Crippen LogP contribution in [0.25, 0.3) is 0 Å². The van der Waals surface area contributed by atoms with Crippen LogP contribution in [0.1, 0.15) is 6.92 Å².